The Balaban J connectivity index is 1.50. The van der Waals surface area contributed by atoms with Gasteiger partial charge < -0.3 is 14.7 Å². The van der Waals surface area contributed by atoms with E-state index in [9.17, 15) is 19.7 Å². The normalized spacial score (nSPS) is 23.9. The van der Waals surface area contributed by atoms with E-state index in [4.69, 9.17) is 4.98 Å². The Kier molecular flexibility index (Phi) is 5.78. The van der Waals surface area contributed by atoms with Crippen molar-refractivity contribution in [1.82, 2.24) is 19.9 Å². The van der Waals surface area contributed by atoms with Crippen molar-refractivity contribution in [2.45, 2.75) is 57.5 Å². The van der Waals surface area contributed by atoms with Crippen LogP contribution in [0.2, 0.25) is 0 Å². The number of carbonyl (C=O) groups excluding carboxylic acids is 1. The molecule has 9 nitrogen and oxygen atoms in total. The predicted octanol–water partition coefficient (Wildman–Crippen LogP) is 3.24. The lowest BCUT2D eigenvalue weighted by Gasteiger charge is -2.47. The average molecular weight is 489 g/mol. The Morgan fingerprint density at radius 1 is 1.19 bits per heavy atom. The second-order valence-corrected chi connectivity index (χ2v) is 10.5. The summed E-state index contributed by atoms with van der Waals surface area (Å²) in [6.45, 7) is 5.92. The maximum Gasteiger partial charge on any atom is 0.245 e. The number of hydrogen-bond acceptors (Lipinski definition) is 8. The molecule has 3 aliphatic rings. The Hall–Kier alpha value is -3.79. The van der Waals surface area contributed by atoms with Gasteiger partial charge in [-0.3, -0.25) is 4.79 Å². The van der Waals surface area contributed by atoms with Crippen molar-refractivity contribution in [3.63, 3.8) is 0 Å². The quantitative estimate of drug-likeness (QED) is 0.645. The second kappa shape index (κ2) is 8.70. The molecular weight excluding hydrogens is 459 g/mol. The number of fused-ring (bicyclic) bond motifs is 2. The first-order valence-electron chi connectivity index (χ1n) is 12.3. The van der Waals surface area contributed by atoms with Crippen LogP contribution in [0.4, 0.5) is 21.8 Å². The van der Waals surface area contributed by atoms with Crippen LogP contribution in [0.3, 0.4) is 0 Å². The molecule has 4 heterocycles. The SMILES string of the molecule is C[C@@H]1CN(c2ncnc3c2C2(CCC2)CN3c2cc(C#N)ccn2)[C@@H](C)CN1C(=O)[C@](C)(C#N)CF. The van der Waals surface area contributed by atoms with Gasteiger partial charge in [-0.25, -0.2) is 19.3 Å². The van der Waals surface area contributed by atoms with Gasteiger partial charge in [-0.15, -0.1) is 0 Å². The van der Waals surface area contributed by atoms with Crippen LogP contribution < -0.4 is 9.80 Å². The third-order valence-corrected chi connectivity index (χ3v) is 8.02. The molecule has 2 aliphatic heterocycles. The van der Waals surface area contributed by atoms with E-state index in [1.807, 2.05) is 19.9 Å². The molecule has 0 bridgehead atoms. The first kappa shape index (κ1) is 23.9. The number of carbonyl (C=O) groups is 1. The smallest absolute Gasteiger partial charge is 0.245 e. The van der Waals surface area contributed by atoms with Crippen LogP contribution in [0.15, 0.2) is 24.7 Å². The summed E-state index contributed by atoms with van der Waals surface area (Å²) in [6.07, 6.45) is 6.38. The summed E-state index contributed by atoms with van der Waals surface area (Å²) in [5.74, 6) is 1.90. The van der Waals surface area contributed by atoms with E-state index in [0.717, 1.165) is 43.0 Å². The lowest BCUT2D eigenvalue weighted by atomic mass is 9.66. The predicted molar refractivity (Wildman–Crippen MR) is 131 cm³/mol. The van der Waals surface area contributed by atoms with Crippen LogP contribution in [0.1, 0.15) is 51.2 Å². The number of pyridine rings is 1. The van der Waals surface area contributed by atoms with E-state index in [1.165, 1.54) is 6.92 Å². The van der Waals surface area contributed by atoms with Gasteiger partial charge in [-0.05, 0) is 45.7 Å². The van der Waals surface area contributed by atoms with Crippen molar-refractivity contribution >= 4 is 23.4 Å². The standard InChI is InChI=1S/C26H29FN8O/c1-17-12-34(24(36)25(3,13-27)14-29)18(2)11-33(17)22-21-23(32-16-31-22)35(15-26(21)6-4-7-26)20-9-19(10-28)5-8-30-20/h5,8-9,16-18H,4,6-7,11-13,15H2,1-3H3/t17-,18+,25-/m0/s1. The molecule has 0 radical (unpaired) electrons. The monoisotopic (exact) mass is 488 g/mol. The number of aromatic nitrogens is 3. The van der Waals surface area contributed by atoms with Crippen LogP contribution in [0.5, 0.6) is 0 Å². The van der Waals surface area contributed by atoms with Gasteiger partial charge in [0.25, 0.3) is 0 Å². The van der Waals surface area contributed by atoms with Gasteiger partial charge in [0.2, 0.25) is 5.91 Å². The van der Waals surface area contributed by atoms with E-state index in [-0.39, 0.29) is 17.5 Å². The molecule has 5 rings (SSSR count). The molecule has 1 aliphatic carbocycles. The number of halogens is 1. The molecule has 186 valence electrons. The number of piperazine rings is 1. The Morgan fingerprint density at radius 2 is 1.94 bits per heavy atom. The summed E-state index contributed by atoms with van der Waals surface area (Å²) >= 11 is 0. The van der Waals surface area contributed by atoms with Crippen molar-refractivity contribution in [2.24, 2.45) is 5.41 Å². The third kappa shape index (κ3) is 3.55. The van der Waals surface area contributed by atoms with Gasteiger partial charge in [0.1, 0.15) is 30.5 Å². The Labute approximate surface area is 210 Å². The zero-order valence-corrected chi connectivity index (χ0v) is 20.8. The van der Waals surface area contributed by atoms with E-state index < -0.39 is 18.0 Å². The van der Waals surface area contributed by atoms with E-state index >= 15 is 0 Å². The molecule has 1 amide bonds. The molecule has 3 atom stereocenters. The molecule has 0 unspecified atom stereocenters. The highest BCUT2D eigenvalue weighted by molar-refractivity contribution is 5.86. The minimum atomic E-state index is -1.67. The summed E-state index contributed by atoms with van der Waals surface area (Å²) in [5.41, 5.74) is -0.107. The maximum absolute atomic E-state index is 13.6. The highest BCUT2D eigenvalue weighted by atomic mass is 19.1. The zero-order chi connectivity index (χ0) is 25.7. The number of nitriles is 2. The molecule has 1 spiro atoms. The number of alkyl halides is 1. The Morgan fingerprint density at radius 3 is 2.58 bits per heavy atom. The van der Waals surface area contributed by atoms with Gasteiger partial charge in [-0.2, -0.15) is 10.5 Å². The topological polar surface area (TPSA) is 113 Å². The minimum Gasteiger partial charge on any atom is -0.350 e. The van der Waals surface area contributed by atoms with Gasteiger partial charge in [0.05, 0.1) is 17.7 Å². The second-order valence-electron chi connectivity index (χ2n) is 10.5. The van der Waals surface area contributed by atoms with Gasteiger partial charge in [0, 0.05) is 48.9 Å². The average Bonchev–Trinajstić information content (AvgIpc) is 3.25. The molecule has 36 heavy (non-hydrogen) atoms. The van der Waals surface area contributed by atoms with E-state index in [0.29, 0.717) is 24.5 Å². The van der Waals surface area contributed by atoms with Crippen LogP contribution >= 0.6 is 0 Å². The molecule has 2 fully saturated rings. The van der Waals surface area contributed by atoms with Crippen molar-refractivity contribution in [2.75, 3.05) is 36.1 Å². The fourth-order valence-electron chi connectivity index (χ4n) is 5.71. The number of anilines is 3. The highest BCUT2D eigenvalue weighted by Crippen LogP contribution is 2.56. The maximum atomic E-state index is 13.6. The summed E-state index contributed by atoms with van der Waals surface area (Å²) in [5, 5.41) is 18.8. The van der Waals surface area contributed by atoms with Crippen LogP contribution in [0, 0.1) is 28.1 Å². The zero-order valence-electron chi connectivity index (χ0n) is 20.8. The molecule has 0 aromatic carbocycles. The number of rotatable bonds is 4. The lowest BCUT2D eigenvalue weighted by Crippen LogP contribution is -2.61. The van der Waals surface area contributed by atoms with Gasteiger partial charge in [-0.1, -0.05) is 6.42 Å². The van der Waals surface area contributed by atoms with Crippen LogP contribution in [-0.4, -0.2) is 64.2 Å². The minimum absolute atomic E-state index is 0.0836. The van der Waals surface area contributed by atoms with Crippen molar-refractivity contribution in [3.8, 4) is 12.1 Å². The molecule has 1 saturated heterocycles. The summed E-state index contributed by atoms with van der Waals surface area (Å²) in [6, 6.07) is 7.22. The fourth-order valence-corrected chi connectivity index (χ4v) is 5.71. The summed E-state index contributed by atoms with van der Waals surface area (Å²) in [4.78, 5) is 33.0. The lowest BCUT2D eigenvalue weighted by molar-refractivity contribution is -0.142. The van der Waals surface area contributed by atoms with E-state index in [2.05, 4.69) is 25.8 Å². The largest absolute Gasteiger partial charge is 0.350 e. The van der Waals surface area contributed by atoms with Gasteiger partial charge in [0.15, 0.2) is 5.41 Å². The van der Waals surface area contributed by atoms with Crippen molar-refractivity contribution in [3.05, 3.63) is 35.8 Å². The van der Waals surface area contributed by atoms with Crippen LogP contribution in [-0.2, 0) is 10.2 Å². The molecule has 0 N–H and O–H groups in total. The van der Waals surface area contributed by atoms with Gasteiger partial charge >= 0.3 is 0 Å². The first-order valence-corrected chi connectivity index (χ1v) is 12.3. The third-order valence-electron chi connectivity index (χ3n) is 8.02. The number of amides is 1. The molecular formula is C26H29FN8O. The highest BCUT2D eigenvalue weighted by Gasteiger charge is 2.52. The molecule has 10 heteroatoms. The number of hydrogen-bond donors (Lipinski definition) is 0. The Bertz CT molecular complexity index is 1280. The fraction of sp³-hybridized carbons (Fsp3) is 0.538. The summed E-state index contributed by atoms with van der Waals surface area (Å²) < 4.78 is 13.6. The number of nitrogens with zero attached hydrogens (tertiary/aromatic N) is 8. The van der Waals surface area contributed by atoms with Crippen molar-refractivity contribution in [1.29, 1.82) is 10.5 Å². The molecule has 2 aromatic rings. The molecule has 1 saturated carbocycles. The first-order chi connectivity index (χ1) is 17.3. The van der Waals surface area contributed by atoms with E-state index in [1.54, 1.807) is 29.6 Å². The van der Waals surface area contributed by atoms with Crippen LogP contribution in [0.25, 0.3) is 0 Å². The molecule has 2 aromatic heterocycles. The van der Waals surface area contributed by atoms with Crippen molar-refractivity contribution < 1.29 is 9.18 Å². The summed E-state index contributed by atoms with van der Waals surface area (Å²) in [7, 11) is 0.